The molecule has 0 saturated heterocycles. The average Bonchev–Trinajstić information content (AvgIpc) is 2.46. The average molecular weight is 280 g/mol. The van der Waals surface area contributed by atoms with E-state index < -0.39 is 0 Å². The van der Waals surface area contributed by atoms with Crippen LogP contribution in [0.25, 0.3) is 0 Å². The molecule has 0 heterocycles. The number of benzene rings is 2. The van der Waals surface area contributed by atoms with Gasteiger partial charge in [0, 0.05) is 50.7 Å². The minimum absolute atomic E-state index is 0.141. The molecule has 0 unspecified atom stereocenters. The maximum Gasteiger partial charge on any atom is 0.193 e. The largest absolute Gasteiger partial charge is 0.378 e. The number of carbonyl (C=O) groups excluding carboxylic acids is 1. The predicted octanol–water partition coefficient (Wildman–Crippen LogP) is 2.95. The molecule has 1 aliphatic carbocycles. The van der Waals surface area contributed by atoms with Crippen LogP contribution in [0.15, 0.2) is 36.4 Å². The lowest BCUT2D eigenvalue weighted by Gasteiger charge is -2.23. The van der Waals surface area contributed by atoms with Crippen molar-refractivity contribution in [3.63, 3.8) is 0 Å². The van der Waals surface area contributed by atoms with Crippen molar-refractivity contribution in [3.8, 4) is 0 Å². The molecule has 2 aromatic carbocycles. The molecule has 0 aliphatic heterocycles. The summed E-state index contributed by atoms with van der Waals surface area (Å²) in [7, 11) is 8.07. The van der Waals surface area contributed by atoms with Gasteiger partial charge in [-0.25, -0.2) is 0 Å². The Hall–Kier alpha value is -2.29. The van der Waals surface area contributed by atoms with E-state index in [-0.39, 0.29) is 5.78 Å². The second-order valence-corrected chi connectivity index (χ2v) is 5.98. The van der Waals surface area contributed by atoms with Crippen LogP contribution in [0.1, 0.15) is 27.0 Å². The van der Waals surface area contributed by atoms with Gasteiger partial charge in [-0.05, 0) is 53.9 Å². The van der Waals surface area contributed by atoms with E-state index in [9.17, 15) is 4.79 Å². The lowest BCUT2D eigenvalue weighted by molar-refractivity contribution is 0.103. The molecule has 3 rings (SSSR count). The molecule has 0 bridgehead atoms. The van der Waals surface area contributed by atoms with Crippen LogP contribution >= 0.6 is 0 Å². The molecular weight excluding hydrogens is 260 g/mol. The molecule has 21 heavy (non-hydrogen) atoms. The molecule has 0 amide bonds. The molecule has 0 spiro atoms. The number of ketones is 1. The number of rotatable bonds is 2. The lowest BCUT2D eigenvalue weighted by Crippen LogP contribution is -2.18. The Morgan fingerprint density at radius 1 is 0.762 bits per heavy atom. The molecule has 108 valence electrons. The Balaban J connectivity index is 2.09. The molecule has 3 heteroatoms. The Morgan fingerprint density at radius 2 is 1.19 bits per heavy atom. The predicted molar refractivity (Wildman–Crippen MR) is 87.8 cm³/mol. The van der Waals surface area contributed by atoms with Gasteiger partial charge in [0.1, 0.15) is 0 Å². The van der Waals surface area contributed by atoms with Gasteiger partial charge in [0.05, 0.1) is 0 Å². The zero-order valence-corrected chi connectivity index (χ0v) is 13.0. The topological polar surface area (TPSA) is 23.6 Å². The molecule has 2 aromatic rings. The SMILES string of the molecule is CN(C)c1ccc2c(c1)Cc1cc(N(C)C)ccc1C2=O. The lowest BCUT2D eigenvalue weighted by atomic mass is 9.84. The van der Waals surface area contributed by atoms with Gasteiger partial charge < -0.3 is 9.80 Å². The van der Waals surface area contributed by atoms with Gasteiger partial charge in [-0.3, -0.25) is 4.79 Å². The van der Waals surface area contributed by atoms with Crippen molar-refractivity contribution < 1.29 is 4.79 Å². The zero-order valence-electron chi connectivity index (χ0n) is 13.0. The fraction of sp³-hybridized carbons (Fsp3) is 0.278. The van der Waals surface area contributed by atoms with Crippen molar-refractivity contribution in [3.05, 3.63) is 58.7 Å². The summed E-state index contributed by atoms with van der Waals surface area (Å²) < 4.78 is 0. The molecular formula is C18H20N2O. The summed E-state index contributed by atoms with van der Waals surface area (Å²) in [5.41, 5.74) is 6.18. The minimum atomic E-state index is 0.141. The molecule has 1 aliphatic rings. The maximum absolute atomic E-state index is 12.6. The van der Waals surface area contributed by atoms with E-state index in [1.54, 1.807) is 0 Å². The number of anilines is 2. The van der Waals surface area contributed by atoms with E-state index in [1.165, 1.54) is 0 Å². The maximum atomic E-state index is 12.6. The van der Waals surface area contributed by atoms with E-state index in [0.29, 0.717) is 0 Å². The number of nitrogens with zero attached hydrogens (tertiary/aromatic N) is 2. The van der Waals surface area contributed by atoms with Crippen LogP contribution in [-0.2, 0) is 6.42 Å². The summed E-state index contributed by atoms with van der Waals surface area (Å²) >= 11 is 0. The summed E-state index contributed by atoms with van der Waals surface area (Å²) in [4.78, 5) is 16.8. The quantitative estimate of drug-likeness (QED) is 0.721. The van der Waals surface area contributed by atoms with Gasteiger partial charge in [-0.15, -0.1) is 0 Å². The van der Waals surface area contributed by atoms with Crippen LogP contribution in [0.4, 0.5) is 11.4 Å². The monoisotopic (exact) mass is 280 g/mol. The minimum Gasteiger partial charge on any atom is -0.378 e. The standard InChI is InChI=1S/C18H20N2O/c1-19(2)14-5-7-16-12(10-14)9-13-11-15(20(3)4)6-8-17(13)18(16)21/h5-8,10-11H,9H2,1-4H3. The summed E-state index contributed by atoms with van der Waals surface area (Å²) in [5, 5.41) is 0. The third kappa shape index (κ3) is 2.29. The van der Waals surface area contributed by atoms with E-state index in [0.717, 1.165) is 40.0 Å². The normalized spacial score (nSPS) is 12.7. The zero-order chi connectivity index (χ0) is 15.1. The number of hydrogen-bond acceptors (Lipinski definition) is 3. The summed E-state index contributed by atoms with van der Waals surface area (Å²) in [5.74, 6) is 0.141. The van der Waals surface area contributed by atoms with Crippen molar-refractivity contribution in [2.75, 3.05) is 38.0 Å². The highest BCUT2D eigenvalue weighted by molar-refractivity contribution is 6.12. The smallest absolute Gasteiger partial charge is 0.193 e. The van der Waals surface area contributed by atoms with Crippen LogP contribution < -0.4 is 9.80 Å². The fourth-order valence-electron chi connectivity index (χ4n) is 2.80. The second-order valence-electron chi connectivity index (χ2n) is 5.98. The molecule has 0 N–H and O–H groups in total. The number of fused-ring (bicyclic) bond motifs is 2. The van der Waals surface area contributed by atoms with E-state index in [1.807, 2.05) is 52.5 Å². The van der Waals surface area contributed by atoms with Gasteiger partial charge in [0.25, 0.3) is 0 Å². The van der Waals surface area contributed by atoms with E-state index in [4.69, 9.17) is 0 Å². The second kappa shape index (κ2) is 4.92. The first-order valence-electron chi connectivity index (χ1n) is 7.12. The van der Waals surface area contributed by atoms with Crippen molar-refractivity contribution >= 4 is 17.2 Å². The third-order valence-electron chi connectivity index (χ3n) is 4.08. The van der Waals surface area contributed by atoms with Gasteiger partial charge in [-0.1, -0.05) is 0 Å². The Labute approximate surface area is 125 Å². The fourth-order valence-corrected chi connectivity index (χ4v) is 2.80. The van der Waals surface area contributed by atoms with Crippen LogP contribution in [0.5, 0.6) is 0 Å². The van der Waals surface area contributed by atoms with Crippen LogP contribution in [-0.4, -0.2) is 34.0 Å². The molecule has 0 radical (unpaired) electrons. The summed E-state index contributed by atoms with van der Waals surface area (Å²) in [6.07, 6.45) is 0.819. The van der Waals surface area contributed by atoms with Crippen molar-refractivity contribution in [2.45, 2.75) is 6.42 Å². The van der Waals surface area contributed by atoms with Gasteiger partial charge >= 0.3 is 0 Å². The van der Waals surface area contributed by atoms with Gasteiger partial charge in [-0.2, -0.15) is 0 Å². The molecule has 0 aromatic heterocycles. The molecule has 0 saturated carbocycles. The first-order valence-corrected chi connectivity index (χ1v) is 7.12. The van der Waals surface area contributed by atoms with Crippen LogP contribution in [0, 0.1) is 0 Å². The number of carbonyl (C=O) groups is 1. The van der Waals surface area contributed by atoms with Crippen molar-refractivity contribution in [1.29, 1.82) is 0 Å². The third-order valence-corrected chi connectivity index (χ3v) is 4.08. The Kier molecular flexibility index (Phi) is 3.20. The number of hydrogen-bond donors (Lipinski definition) is 0. The highest BCUT2D eigenvalue weighted by Gasteiger charge is 2.23. The Morgan fingerprint density at radius 3 is 1.57 bits per heavy atom. The van der Waals surface area contributed by atoms with E-state index in [2.05, 4.69) is 21.9 Å². The first-order chi connectivity index (χ1) is 9.97. The molecule has 0 fully saturated rings. The first kappa shape index (κ1) is 13.7. The summed E-state index contributed by atoms with van der Waals surface area (Å²) in [6.45, 7) is 0. The highest BCUT2D eigenvalue weighted by atomic mass is 16.1. The van der Waals surface area contributed by atoms with Crippen LogP contribution in [0.2, 0.25) is 0 Å². The van der Waals surface area contributed by atoms with Crippen LogP contribution in [0.3, 0.4) is 0 Å². The Bertz CT molecular complexity index is 658. The van der Waals surface area contributed by atoms with Crippen molar-refractivity contribution in [1.82, 2.24) is 0 Å². The summed E-state index contributed by atoms with van der Waals surface area (Å²) in [6, 6.07) is 12.2. The van der Waals surface area contributed by atoms with Crippen molar-refractivity contribution in [2.24, 2.45) is 0 Å². The highest BCUT2D eigenvalue weighted by Crippen LogP contribution is 2.31. The van der Waals surface area contributed by atoms with Gasteiger partial charge in [0.2, 0.25) is 0 Å². The van der Waals surface area contributed by atoms with E-state index >= 15 is 0 Å². The molecule has 0 atom stereocenters. The molecule has 3 nitrogen and oxygen atoms in total. The van der Waals surface area contributed by atoms with Gasteiger partial charge in [0.15, 0.2) is 5.78 Å².